The van der Waals surface area contributed by atoms with Gasteiger partial charge in [-0.1, -0.05) is 6.07 Å². The van der Waals surface area contributed by atoms with Gasteiger partial charge in [0.05, 0.1) is 6.07 Å². The molecule has 1 heterocycles. The van der Waals surface area contributed by atoms with E-state index in [1.54, 1.807) is 17.8 Å². The van der Waals surface area contributed by atoms with E-state index in [0.717, 1.165) is 43.6 Å². The number of aryl methyl sites for hydroxylation is 1. The van der Waals surface area contributed by atoms with Crippen molar-refractivity contribution in [3.63, 3.8) is 0 Å². The molecule has 0 aliphatic carbocycles. The standard InChI is InChI=1S/C15H19FN2S/c1-12-3-4-14(16)9-13(12)10-18-7-5-15(11-17,19-2)6-8-18/h3-4,9H,5-8,10H2,1-2H3. The Kier molecular flexibility index (Phi) is 4.49. The molecule has 0 N–H and O–H groups in total. The summed E-state index contributed by atoms with van der Waals surface area (Å²) in [5, 5.41) is 9.26. The lowest BCUT2D eigenvalue weighted by Crippen LogP contribution is -2.41. The molecule has 0 radical (unpaired) electrons. The van der Waals surface area contributed by atoms with Gasteiger partial charge in [-0.2, -0.15) is 5.26 Å². The van der Waals surface area contributed by atoms with Crippen LogP contribution in [-0.4, -0.2) is 29.0 Å². The van der Waals surface area contributed by atoms with E-state index in [4.69, 9.17) is 0 Å². The lowest BCUT2D eigenvalue weighted by Gasteiger charge is -2.36. The number of benzene rings is 1. The molecule has 0 spiro atoms. The van der Waals surface area contributed by atoms with Crippen molar-refractivity contribution in [3.8, 4) is 6.07 Å². The first-order valence-corrected chi connectivity index (χ1v) is 7.75. The van der Waals surface area contributed by atoms with Gasteiger partial charge in [0.25, 0.3) is 0 Å². The van der Waals surface area contributed by atoms with E-state index >= 15 is 0 Å². The predicted octanol–water partition coefficient (Wildman–Crippen LogP) is 3.36. The van der Waals surface area contributed by atoms with E-state index in [1.807, 2.05) is 19.2 Å². The van der Waals surface area contributed by atoms with Gasteiger partial charge < -0.3 is 0 Å². The molecule has 0 atom stereocenters. The highest BCUT2D eigenvalue weighted by molar-refractivity contribution is 8.00. The fourth-order valence-electron chi connectivity index (χ4n) is 2.49. The van der Waals surface area contributed by atoms with E-state index < -0.39 is 0 Å². The van der Waals surface area contributed by atoms with Crippen LogP contribution in [-0.2, 0) is 6.54 Å². The molecular formula is C15H19FN2S. The first-order valence-electron chi connectivity index (χ1n) is 6.52. The minimum Gasteiger partial charge on any atom is -0.299 e. The minimum atomic E-state index is -0.215. The van der Waals surface area contributed by atoms with Crippen LogP contribution < -0.4 is 0 Å². The van der Waals surface area contributed by atoms with Crippen molar-refractivity contribution in [2.24, 2.45) is 0 Å². The van der Waals surface area contributed by atoms with Gasteiger partial charge in [-0.25, -0.2) is 4.39 Å². The number of nitriles is 1. The summed E-state index contributed by atoms with van der Waals surface area (Å²) in [6.07, 6.45) is 3.79. The Morgan fingerprint density at radius 2 is 2.11 bits per heavy atom. The van der Waals surface area contributed by atoms with Crippen molar-refractivity contribution in [2.75, 3.05) is 19.3 Å². The highest BCUT2D eigenvalue weighted by atomic mass is 32.2. The third-order valence-corrected chi connectivity index (χ3v) is 5.24. The summed E-state index contributed by atoms with van der Waals surface area (Å²) in [6.45, 7) is 4.61. The molecule has 1 aromatic carbocycles. The summed E-state index contributed by atoms with van der Waals surface area (Å²) in [4.78, 5) is 2.31. The summed E-state index contributed by atoms with van der Waals surface area (Å²) < 4.78 is 13.1. The Morgan fingerprint density at radius 1 is 1.42 bits per heavy atom. The first-order chi connectivity index (χ1) is 9.08. The van der Waals surface area contributed by atoms with Gasteiger partial charge in [-0.15, -0.1) is 11.8 Å². The van der Waals surface area contributed by atoms with Crippen LogP contribution in [0.25, 0.3) is 0 Å². The second-order valence-corrected chi connectivity index (χ2v) is 6.35. The summed E-state index contributed by atoms with van der Waals surface area (Å²) in [5.74, 6) is -0.173. The van der Waals surface area contributed by atoms with Crippen LogP contribution in [0.15, 0.2) is 18.2 Å². The number of hydrogen-bond acceptors (Lipinski definition) is 3. The van der Waals surface area contributed by atoms with Gasteiger partial charge in [-0.3, -0.25) is 4.90 Å². The lowest BCUT2D eigenvalue weighted by molar-refractivity contribution is 0.209. The van der Waals surface area contributed by atoms with Crippen molar-refractivity contribution in [3.05, 3.63) is 35.1 Å². The molecule has 0 unspecified atom stereocenters. The van der Waals surface area contributed by atoms with E-state index in [1.165, 1.54) is 6.07 Å². The Hall–Kier alpha value is -1.05. The molecule has 4 heteroatoms. The summed E-state index contributed by atoms with van der Waals surface area (Å²) in [6, 6.07) is 7.40. The van der Waals surface area contributed by atoms with Crippen LogP contribution in [0, 0.1) is 24.1 Å². The van der Waals surface area contributed by atoms with Gasteiger partial charge in [0.1, 0.15) is 10.6 Å². The van der Waals surface area contributed by atoms with Gasteiger partial charge >= 0.3 is 0 Å². The number of nitrogens with zero attached hydrogens (tertiary/aromatic N) is 2. The zero-order valence-electron chi connectivity index (χ0n) is 11.4. The molecule has 0 aromatic heterocycles. The minimum absolute atomic E-state index is 0.173. The van der Waals surface area contributed by atoms with Crippen LogP contribution in [0.2, 0.25) is 0 Å². The number of piperidine rings is 1. The van der Waals surface area contributed by atoms with Crippen LogP contribution in [0.5, 0.6) is 0 Å². The van der Waals surface area contributed by atoms with Crippen molar-refractivity contribution in [1.82, 2.24) is 4.90 Å². The molecule has 19 heavy (non-hydrogen) atoms. The van der Waals surface area contributed by atoms with E-state index in [-0.39, 0.29) is 10.6 Å². The largest absolute Gasteiger partial charge is 0.299 e. The van der Waals surface area contributed by atoms with E-state index in [0.29, 0.717) is 0 Å². The van der Waals surface area contributed by atoms with Gasteiger partial charge in [-0.05, 0) is 49.3 Å². The molecule has 102 valence electrons. The fourth-order valence-corrected chi connectivity index (χ4v) is 3.17. The average molecular weight is 278 g/mol. The van der Waals surface area contributed by atoms with Crippen LogP contribution in [0.4, 0.5) is 4.39 Å². The summed E-state index contributed by atoms with van der Waals surface area (Å²) in [7, 11) is 0. The number of hydrogen-bond donors (Lipinski definition) is 0. The Balaban J connectivity index is 2.00. The molecule has 0 amide bonds. The van der Waals surface area contributed by atoms with E-state index in [9.17, 15) is 9.65 Å². The SMILES string of the molecule is CSC1(C#N)CCN(Cc2cc(F)ccc2C)CC1. The lowest BCUT2D eigenvalue weighted by atomic mass is 9.96. The Morgan fingerprint density at radius 3 is 2.68 bits per heavy atom. The second-order valence-electron chi connectivity index (χ2n) is 5.16. The molecule has 1 fully saturated rings. The van der Waals surface area contributed by atoms with Crippen LogP contribution >= 0.6 is 11.8 Å². The maximum absolute atomic E-state index is 13.3. The zero-order valence-corrected chi connectivity index (χ0v) is 12.3. The normalized spacial score (nSPS) is 19.1. The van der Waals surface area contributed by atoms with Crippen molar-refractivity contribution in [2.45, 2.75) is 31.1 Å². The van der Waals surface area contributed by atoms with E-state index in [2.05, 4.69) is 11.0 Å². The second kappa shape index (κ2) is 5.94. The third-order valence-electron chi connectivity index (χ3n) is 3.96. The summed E-state index contributed by atoms with van der Waals surface area (Å²) in [5.41, 5.74) is 2.18. The smallest absolute Gasteiger partial charge is 0.123 e. The third kappa shape index (κ3) is 3.29. The molecule has 1 aromatic rings. The maximum Gasteiger partial charge on any atom is 0.123 e. The maximum atomic E-state index is 13.3. The number of likely N-dealkylation sites (tertiary alicyclic amines) is 1. The van der Waals surface area contributed by atoms with Crippen molar-refractivity contribution < 1.29 is 4.39 Å². The molecule has 0 bridgehead atoms. The molecular weight excluding hydrogens is 259 g/mol. The molecule has 1 aliphatic rings. The summed E-state index contributed by atoms with van der Waals surface area (Å²) >= 11 is 1.66. The van der Waals surface area contributed by atoms with Crippen LogP contribution in [0.3, 0.4) is 0 Å². The highest BCUT2D eigenvalue weighted by Gasteiger charge is 2.33. The van der Waals surface area contributed by atoms with Gasteiger partial charge in [0.15, 0.2) is 0 Å². The average Bonchev–Trinajstić information content (AvgIpc) is 2.44. The van der Waals surface area contributed by atoms with Crippen molar-refractivity contribution >= 4 is 11.8 Å². The highest BCUT2D eigenvalue weighted by Crippen LogP contribution is 2.34. The van der Waals surface area contributed by atoms with Gasteiger partial charge in [0, 0.05) is 19.6 Å². The first kappa shape index (κ1) is 14.4. The number of halogens is 1. The molecule has 2 nitrogen and oxygen atoms in total. The Labute approximate surface area is 118 Å². The molecule has 0 saturated carbocycles. The Bertz CT molecular complexity index is 487. The monoisotopic (exact) mass is 278 g/mol. The molecule has 2 rings (SSSR count). The molecule has 1 aliphatic heterocycles. The number of thioether (sulfide) groups is 1. The van der Waals surface area contributed by atoms with Crippen LogP contribution in [0.1, 0.15) is 24.0 Å². The zero-order chi connectivity index (χ0) is 13.9. The molecule has 1 saturated heterocycles. The van der Waals surface area contributed by atoms with Gasteiger partial charge in [0.2, 0.25) is 0 Å². The quantitative estimate of drug-likeness (QED) is 0.848. The number of rotatable bonds is 3. The topological polar surface area (TPSA) is 27.0 Å². The predicted molar refractivity (Wildman–Crippen MR) is 77.5 cm³/mol. The van der Waals surface area contributed by atoms with Crippen molar-refractivity contribution in [1.29, 1.82) is 5.26 Å². The fraction of sp³-hybridized carbons (Fsp3) is 0.533.